The number of hydrogen-bond donors (Lipinski definition) is 2. The normalized spacial score (nSPS) is 14.3. The zero-order valence-corrected chi connectivity index (χ0v) is 15.5. The fourth-order valence-electron chi connectivity index (χ4n) is 2.89. The number of nitrogens with one attached hydrogen (secondary N) is 2. The number of furan rings is 1. The van der Waals surface area contributed by atoms with Crippen LogP contribution >= 0.6 is 0 Å². The lowest BCUT2D eigenvalue weighted by atomic mass is 10.2. The summed E-state index contributed by atoms with van der Waals surface area (Å²) in [5.41, 5.74) is 1.47. The highest BCUT2D eigenvalue weighted by molar-refractivity contribution is 5.95. The number of rotatable bonds is 6. The Balaban J connectivity index is 1.52. The van der Waals surface area contributed by atoms with Crippen molar-refractivity contribution in [2.24, 2.45) is 0 Å². The van der Waals surface area contributed by atoms with Crippen LogP contribution in [0.3, 0.4) is 0 Å². The minimum Gasteiger partial charge on any atom is -0.466 e. The summed E-state index contributed by atoms with van der Waals surface area (Å²) in [5.74, 6) is 2.69. The van der Waals surface area contributed by atoms with Gasteiger partial charge in [-0.15, -0.1) is 0 Å². The molecular formula is C18H25N5O3. The van der Waals surface area contributed by atoms with Gasteiger partial charge in [0.15, 0.2) is 0 Å². The van der Waals surface area contributed by atoms with Gasteiger partial charge in [-0.05, 0) is 26.8 Å². The quantitative estimate of drug-likeness (QED) is 0.758. The van der Waals surface area contributed by atoms with Crippen LogP contribution in [-0.2, 0) is 4.74 Å². The van der Waals surface area contributed by atoms with E-state index in [4.69, 9.17) is 9.15 Å². The van der Waals surface area contributed by atoms with Gasteiger partial charge in [0.25, 0.3) is 5.91 Å². The maximum absolute atomic E-state index is 12.2. The van der Waals surface area contributed by atoms with Gasteiger partial charge in [0, 0.05) is 37.9 Å². The molecule has 0 aromatic carbocycles. The second-order valence-electron chi connectivity index (χ2n) is 6.30. The lowest BCUT2D eigenvalue weighted by Gasteiger charge is -2.28. The van der Waals surface area contributed by atoms with Gasteiger partial charge in [-0.25, -0.2) is 4.98 Å². The van der Waals surface area contributed by atoms with Crippen LogP contribution in [0.2, 0.25) is 0 Å². The molecule has 0 spiro atoms. The number of morpholine rings is 1. The molecule has 26 heavy (non-hydrogen) atoms. The van der Waals surface area contributed by atoms with Gasteiger partial charge in [0.1, 0.15) is 17.3 Å². The second-order valence-corrected chi connectivity index (χ2v) is 6.30. The minimum absolute atomic E-state index is 0.139. The lowest BCUT2D eigenvalue weighted by Crippen LogP contribution is -2.37. The van der Waals surface area contributed by atoms with Crippen LogP contribution in [0, 0.1) is 20.8 Å². The third-order valence-corrected chi connectivity index (χ3v) is 4.16. The maximum Gasteiger partial charge on any atom is 0.254 e. The lowest BCUT2D eigenvalue weighted by molar-refractivity contribution is 0.0953. The molecule has 0 aliphatic carbocycles. The van der Waals surface area contributed by atoms with Gasteiger partial charge in [0.05, 0.1) is 18.8 Å². The number of hydrogen-bond acceptors (Lipinski definition) is 7. The average Bonchev–Trinajstić information content (AvgIpc) is 2.97. The van der Waals surface area contributed by atoms with E-state index in [2.05, 4.69) is 25.5 Å². The Kier molecular flexibility index (Phi) is 5.72. The molecule has 2 aromatic heterocycles. The van der Waals surface area contributed by atoms with E-state index in [0.717, 1.165) is 30.4 Å². The van der Waals surface area contributed by atoms with Crippen LogP contribution in [0.15, 0.2) is 16.5 Å². The summed E-state index contributed by atoms with van der Waals surface area (Å²) >= 11 is 0. The standard InChI is InChI=1S/C18H25N5O3/c1-12-10-16(23-6-8-25-9-7-23)22-18(21-12)20-5-4-19-17(24)15-11-13(2)26-14(15)3/h10-11H,4-9H2,1-3H3,(H,19,24)(H,20,21,22). The number of anilines is 2. The molecule has 140 valence electrons. The molecule has 0 radical (unpaired) electrons. The highest BCUT2D eigenvalue weighted by atomic mass is 16.5. The van der Waals surface area contributed by atoms with Gasteiger partial charge < -0.3 is 24.7 Å². The van der Waals surface area contributed by atoms with Crippen molar-refractivity contribution in [1.29, 1.82) is 0 Å². The summed E-state index contributed by atoms with van der Waals surface area (Å²) in [6.07, 6.45) is 0. The molecular weight excluding hydrogens is 334 g/mol. The highest BCUT2D eigenvalue weighted by Crippen LogP contribution is 2.16. The predicted octanol–water partition coefficient (Wildman–Crippen LogP) is 1.67. The predicted molar refractivity (Wildman–Crippen MR) is 98.8 cm³/mol. The molecule has 0 atom stereocenters. The zero-order valence-electron chi connectivity index (χ0n) is 15.5. The molecule has 1 fully saturated rings. The average molecular weight is 359 g/mol. The zero-order chi connectivity index (χ0) is 18.5. The Morgan fingerprint density at radius 1 is 1.15 bits per heavy atom. The molecule has 0 saturated carbocycles. The number of aromatic nitrogens is 2. The fourth-order valence-corrected chi connectivity index (χ4v) is 2.89. The van der Waals surface area contributed by atoms with Crippen molar-refractivity contribution in [1.82, 2.24) is 15.3 Å². The number of amides is 1. The smallest absolute Gasteiger partial charge is 0.254 e. The molecule has 1 amide bonds. The van der Waals surface area contributed by atoms with Crippen molar-refractivity contribution in [3.05, 3.63) is 34.9 Å². The van der Waals surface area contributed by atoms with Crippen LogP contribution in [0.1, 0.15) is 27.6 Å². The minimum atomic E-state index is -0.139. The molecule has 1 aliphatic heterocycles. The topological polar surface area (TPSA) is 92.5 Å². The first-order chi connectivity index (χ1) is 12.5. The van der Waals surface area contributed by atoms with Crippen LogP contribution in [-0.4, -0.2) is 55.3 Å². The van der Waals surface area contributed by atoms with Gasteiger partial charge in [0.2, 0.25) is 5.95 Å². The van der Waals surface area contributed by atoms with Crippen molar-refractivity contribution in [3.63, 3.8) is 0 Å². The Morgan fingerprint density at radius 3 is 2.62 bits per heavy atom. The monoisotopic (exact) mass is 359 g/mol. The van der Waals surface area contributed by atoms with Crippen molar-refractivity contribution in [3.8, 4) is 0 Å². The number of nitrogens with zero attached hydrogens (tertiary/aromatic N) is 3. The summed E-state index contributed by atoms with van der Waals surface area (Å²) in [6, 6.07) is 3.72. The Morgan fingerprint density at radius 2 is 1.92 bits per heavy atom. The Bertz CT molecular complexity index is 768. The van der Waals surface area contributed by atoms with E-state index in [9.17, 15) is 4.79 Å². The van der Waals surface area contributed by atoms with Crippen molar-refractivity contribution < 1.29 is 13.9 Å². The summed E-state index contributed by atoms with van der Waals surface area (Å²) in [6.45, 7) is 9.64. The molecule has 2 N–H and O–H groups in total. The number of ether oxygens (including phenoxy) is 1. The first-order valence-electron chi connectivity index (χ1n) is 8.80. The highest BCUT2D eigenvalue weighted by Gasteiger charge is 2.15. The molecule has 2 aromatic rings. The van der Waals surface area contributed by atoms with E-state index >= 15 is 0 Å². The molecule has 0 bridgehead atoms. The second kappa shape index (κ2) is 8.18. The SMILES string of the molecule is Cc1cc(N2CCOCC2)nc(NCCNC(=O)c2cc(C)oc2C)n1. The van der Waals surface area contributed by atoms with Crippen LogP contribution in [0.5, 0.6) is 0 Å². The van der Waals surface area contributed by atoms with E-state index in [1.165, 1.54) is 0 Å². The van der Waals surface area contributed by atoms with Crippen molar-refractivity contribution in [2.45, 2.75) is 20.8 Å². The molecule has 8 nitrogen and oxygen atoms in total. The summed E-state index contributed by atoms with van der Waals surface area (Å²) in [5, 5.41) is 6.05. The molecule has 3 rings (SSSR count). The molecule has 1 aliphatic rings. The van der Waals surface area contributed by atoms with E-state index in [-0.39, 0.29) is 5.91 Å². The third-order valence-electron chi connectivity index (χ3n) is 4.16. The molecule has 0 unspecified atom stereocenters. The largest absolute Gasteiger partial charge is 0.466 e. The Labute approximate surface area is 153 Å². The third kappa shape index (κ3) is 4.51. The first kappa shape index (κ1) is 18.2. The van der Waals surface area contributed by atoms with Gasteiger partial charge in [-0.2, -0.15) is 4.98 Å². The van der Waals surface area contributed by atoms with Crippen molar-refractivity contribution >= 4 is 17.7 Å². The maximum atomic E-state index is 12.2. The van der Waals surface area contributed by atoms with Crippen LogP contribution in [0.25, 0.3) is 0 Å². The first-order valence-corrected chi connectivity index (χ1v) is 8.80. The van der Waals surface area contributed by atoms with Gasteiger partial charge in [-0.3, -0.25) is 4.79 Å². The summed E-state index contributed by atoms with van der Waals surface area (Å²) < 4.78 is 10.8. The molecule has 3 heterocycles. The molecule has 1 saturated heterocycles. The molecule has 8 heteroatoms. The Hall–Kier alpha value is -2.61. The van der Waals surface area contributed by atoms with Gasteiger partial charge in [-0.1, -0.05) is 0 Å². The summed E-state index contributed by atoms with van der Waals surface area (Å²) in [4.78, 5) is 23.3. The van der Waals surface area contributed by atoms with Crippen LogP contribution < -0.4 is 15.5 Å². The van der Waals surface area contributed by atoms with E-state index in [0.29, 0.717) is 43.6 Å². The van der Waals surface area contributed by atoms with Gasteiger partial charge >= 0.3 is 0 Å². The number of carbonyl (C=O) groups is 1. The number of aryl methyl sites for hydroxylation is 3. The number of carbonyl (C=O) groups excluding carboxylic acids is 1. The van der Waals surface area contributed by atoms with E-state index in [1.807, 2.05) is 19.9 Å². The van der Waals surface area contributed by atoms with Crippen molar-refractivity contribution in [2.75, 3.05) is 49.6 Å². The van der Waals surface area contributed by atoms with E-state index < -0.39 is 0 Å². The van der Waals surface area contributed by atoms with E-state index in [1.54, 1.807) is 13.0 Å². The van der Waals surface area contributed by atoms with Crippen LogP contribution in [0.4, 0.5) is 11.8 Å². The summed E-state index contributed by atoms with van der Waals surface area (Å²) in [7, 11) is 0. The fraction of sp³-hybridized carbons (Fsp3) is 0.500.